The Morgan fingerprint density at radius 3 is 2.88 bits per heavy atom. The van der Waals surface area contributed by atoms with E-state index >= 15 is 0 Å². The molecule has 0 saturated heterocycles. The van der Waals surface area contributed by atoms with Gasteiger partial charge in [0.05, 0.1) is 18.0 Å². The van der Waals surface area contributed by atoms with Gasteiger partial charge in [-0.05, 0) is 24.3 Å². The van der Waals surface area contributed by atoms with Crippen molar-refractivity contribution in [1.29, 1.82) is 0 Å². The summed E-state index contributed by atoms with van der Waals surface area (Å²) in [5.74, 6) is 1.31. The maximum Gasteiger partial charge on any atom is 0.160 e. The van der Waals surface area contributed by atoms with Crippen LogP contribution in [-0.2, 0) is 7.05 Å². The van der Waals surface area contributed by atoms with Crippen molar-refractivity contribution < 1.29 is 4.74 Å². The van der Waals surface area contributed by atoms with E-state index in [0.717, 1.165) is 27.7 Å². The smallest absolute Gasteiger partial charge is 0.160 e. The van der Waals surface area contributed by atoms with Gasteiger partial charge < -0.3 is 10.5 Å². The van der Waals surface area contributed by atoms with Gasteiger partial charge in [0.15, 0.2) is 11.5 Å². The second kappa shape index (κ2) is 3.35. The first-order chi connectivity index (χ1) is 8.19. The first kappa shape index (κ1) is 9.89. The molecule has 1 aromatic carbocycles. The third-order valence-corrected chi connectivity index (χ3v) is 2.84. The van der Waals surface area contributed by atoms with Crippen molar-refractivity contribution in [3.63, 3.8) is 0 Å². The fraction of sp³-hybridized carbons (Fsp3) is 0.167. The quantitative estimate of drug-likeness (QED) is 0.688. The number of rotatable bonds is 1. The standard InChI is InChI=1S/C12H12N4O/c1-16-12-9(11(13)15-16)6-7-5-8(17-2)3-4-10(7)14-12/h3-6H,1-2H3,(H2,13,15). The molecule has 3 aromatic rings. The molecule has 0 aliphatic rings. The molecule has 0 aliphatic heterocycles. The molecule has 0 unspecified atom stereocenters. The van der Waals surface area contributed by atoms with Crippen molar-refractivity contribution in [2.45, 2.75) is 0 Å². The predicted molar refractivity (Wildman–Crippen MR) is 67.0 cm³/mol. The van der Waals surface area contributed by atoms with Crippen LogP contribution in [0.2, 0.25) is 0 Å². The number of hydrogen-bond donors (Lipinski definition) is 1. The van der Waals surface area contributed by atoms with Crippen molar-refractivity contribution >= 4 is 27.8 Å². The van der Waals surface area contributed by atoms with E-state index in [1.54, 1.807) is 11.8 Å². The van der Waals surface area contributed by atoms with Crippen LogP contribution in [0.25, 0.3) is 21.9 Å². The fourth-order valence-electron chi connectivity index (χ4n) is 1.97. The van der Waals surface area contributed by atoms with Gasteiger partial charge in [0.25, 0.3) is 0 Å². The van der Waals surface area contributed by atoms with Gasteiger partial charge in [0, 0.05) is 12.4 Å². The van der Waals surface area contributed by atoms with Gasteiger partial charge in [0.1, 0.15) is 5.75 Å². The number of methoxy groups -OCH3 is 1. The number of anilines is 1. The van der Waals surface area contributed by atoms with E-state index in [1.807, 2.05) is 31.3 Å². The molecule has 2 aromatic heterocycles. The van der Waals surface area contributed by atoms with E-state index in [-0.39, 0.29) is 0 Å². The number of nitrogens with zero attached hydrogens (tertiary/aromatic N) is 3. The number of aryl methyl sites for hydroxylation is 1. The zero-order valence-corrected chi connectivity index (χ0v) is 9.64. The van der Waals surface area contributed by atoms with E-state index in [2.05, 4.69) is 10.1 Å². The van der Waals surface area contributed by atoms with E-state index in [4.69, 9.17) is 10.5 Å². The Morgan fingerprint density at radius 2 is 2.12 bits per heavy atom. The van der Waals surface area contributed by atoms with Gasteiger partial charge >= 0.3 is 0 Å². The molecule has 0 bridgehead atoms. The Labute approximate surface area is 97.8 Å². The van der Waals surface area contributed by atoms with Gasteiger partial charge in [-0.2, -0.15) is 5.10 Å². The Hall–Kier alpha value is -2.30. The number of hydrogen-bond acceptors (Lipinski definition) is 4. The summed E-state index contributed by atoms with van der Waals surface area (Å²) in [4.78, 5) is 4.54. The van der Waals surface area contributed by atoms with Crippen molar-refractivity contribution in [3.05, 3.63) is 24.3 Å². The van der Waals surface area contributed by atoms with Crippen LogP contribution in [0.15, 0.2) is 24.3 Å². The molecule has 0 spiro atoms. The van der Waals surface area contributed by atoms with Crippen molar-refractivity contribution in [1.82, 2.24) is 14.8 Å². The van der Waals surface area contributed by atoms with E-state index < -0.39 is 0 Å². The van der Waals surface area contributed by atoms with E-state index in [0.29, 0.717) is 5.82 Å². The summed E-state index contributed by atoms with van der Waals surface area (Å²) in [7, 11) is 3.48. The summed E-state index contributed by atoms with van der Waals surface area (Å²) < 4.78 is 6.88. The average Bonchev–Trinajstić information content (AvgIpc) is 2.62. The van der Waals surface area contributed by atoms with Gasteiger partial charge in [-0.3, -0.25) is 0 Å². The third kappa shape index (κ3) is 1.39. The highest BCUT2D eigenvalue weighted by molar-refractivity contribution is 5.96. The number of pyridine rings is 1. The summed E-state index contributed by atoms with van der Waals surface area (Å²) in [6.45, 7) is 0. The van der Waals surface area contributed by atoms with Crippen LogP contribution in [0, 0.1) is 0 Å². The monoisotopic (exact) mass is 228 g/mol. The van der Waals surface area contributed by atoms with Crippen molar-refractivity contribution in [3.8, 4) is 5.75 Å². The first-order valence-electron chi connectivity index (χ1n) is 5.26. The Bertz CT molecular complexity index is 717. The highest BCUT2D eigenvalue weighted by Gasteiger charge is 2.08. The highest BCUT2D eigenvalue weighted by Crippen LogP contribution is 2.25. The SMILES string of the molecule is COc1ccc2nc3c(cc2c1)c(N)nn3C. The van der Waals surface area contributed by atoms with E-state index in [9.17, 15) is 0 Å². The minimum absolute atomic E-state index is 0.500. The lowest BCUT2D eigenvalue weighted by Gasteiger charge is -2.02. The van der Waals surface area contributed by atoms with Crippen LogP contribution >= 0.6 is 0 Å². The van der Waals surface area contributed by atoms with Crippen molar-refractivity contribution in [2.24, 2.45) is 7.05 Å². The van der Waals surface area contributed by atoms with Gasteiger partial charge in [-0.1, -0.05) is 0 Å². The third-order valence-electron chi connectivity index (χ3n) is 2.84. The zero-order valence-electron chi connectivity index (χ0n) is 9.64. The van der Waals surface area contributed by atoms with Crippen LogP contribution in [0.1, 0.15) is 0 Å². The number of fused-ring (bicyclic) bond motifs is 2. The molecule has 2 heterocycles. The number of ether oxygens (including phenoxy) is 1. The summed E-state index contributed by atoms with van der Waals surface area (Å²) in [6.07, 6.45) is 0. The van der Waals surface area contributed by atoms with Crippen LogP contribution < -0.4 is 10.5 Å². The molecule has 0 amide bonds. The summed E-state index contributed by atoms with van der Waals surface area (Å²) >= 11 is 0. The number of benzene rings is 1. The molecule has 2 N–H and O–H groups in total. The van der Waals surface area contributed by atoms with Crippen LogP contribution in [0.4, 0.5) is 5.82 Å². The summed E-state index contributed by atoms with van der Waals surface area (Å²) in [5, 5.41) is 6.02. The molecule has 5 nitrogen and oxygen atoms in total. The molecule has 17 heavy (non-hydrogen) atoms. The van der Waals surface area contributed by atoms with E-state index in [1.165, 1.54) is 0 Å². The number of nitrogen functional groups attached to an aromatic ring is 1. The molecule has 0 fully saturated rings. The molecular formula is C12H12N4O. The normalized spacial score (nSPS) is 11.2. The molecule has 0 radical (unpaired) electrons. The first-order valence-corrected chi connectivity index (χ1v) is 5.26. The Kier molecular flexibility index (Phi) is 1.95. The lowest BCUT2D eigenvalue weighted by molar-refractivity contribution is 0.415. The average molecular weight is 228 g/mol. The van der Waals surface area contributed by atoms with Crippen LogP contribution in [-0.4, -0.2) is 21.9 Å². The van der Waals surface area contributed by atoms with Gasteiger partial charge in [-0.25, -0.2) is 9.67 Å². The largest absolute Gasteiger partial charge is 0.497 e. The molecular weight excluding hydrogens is 216 g/mol. The number of nitrogens with two attached hydrogens (primary N) is 1. The Balaban J connectivity index is 2.41. The lowest BCUT2D eigenvalue weighted by atomic mass is 10.2. The van der Waals surface area contributed by atoms with Gasteiger partial charge in [-0.15, -0.1) is 0 Å². The maximum atomic E-state index is 5.84. The second-order valence-corrected chi connectivity index (χ2v) is 3.93. The molecule has 5 heteroatoms. The van der Waals surface area contributed by atoms with Crippen LogP contribution in [0.5, 0.6) is 5.75 Å². The topological polar surface area (TPSA) is 66.0 Å². The molecule has 86 valence electrons. The Morgan fingerprint density at radius 1 is 1.29 bits per heavy atom. The molecule has 0 atom stereocenters. The fourth-order valence-corrected chi connectivity index (χ4v) is 1.97. The molecule has 3 rings (SSSR count). The zero-order chi connectivity index (χ0) is 12.0. The highest BCUT2D eigenvalue weighted by atomic mass is 16.5. The lowest BCUT2D eigenvalue weighted by Crippen LogP contribution is -1.93. The second-order valence-electron chi connectivity index (χ2n) is 3.93. The molecule has 0 saturated carbocycles. The maximum absolute atomic E-state index is 5.84. The van der Waals surface area contributed by atoms with Crippen LogP contribution in [0.3, 0.4) is 0 Å². The summed E-state index contributed by atoms with van der Waals surface area (Å²) in [5.41, 5.74) is 7.53. The predicted octanol–water partition coefficient (Wildman–Crippen LogP) is 1.71. The number of aromatic nitrogens is 3. The minimum Gasteiger partial charge on any atom is -0.497 e. The van der Waals surface area contributed by atoms with Gasteiger partial charge in [0.2, 0.25) is 0 Å². The molecule has 0 aliphatic carbocycles. The van der Waals surface area contributed by atoms with Crippen molar-refractivity contribution in [2.75, 3.05) is 12.8 Å². The minimum atomic E-state index is 0.500. The summed E-state index contributed by atoms with van der Waals surface area (Å²) in [6, 6.07) is 7.74.